The average molecular weight is 328 g/mol. The summed E-state index contributed by atoms with van der Waals surface area (Å²) in [6.07, 6.45) is 1.41. The van der Waals surface area contributed by atoms with Crippen molar-refractivity contribution < 1.29 is 9.47 Å². The SMILES string of the molecule is COc1ccccc1Oc1ncnc(-c2ccc(Cl)cc2)c1N. The van der Waals surface area contributed by atoms with Gasteiger partial charge in [0.2, 0.25) is 5.88 Å². The van der Waals surface area contributed by atoms with Crippen molar-refractivity contribution in [2.45, 2.75) is 0 Å². The first-order chi connectivity index (χ1) is 11.2. The normalized spacial score (nSPS) is 10.3. The molecule has 0 fully saturated rings. The third-order valence-electron chi connectivity index (χ3n) is 3.24. The van der Waals surface area contributed by atoms with E-state index in [9.17, 15) is 0 Å². The molecule has 3 rings (SSSR count). The van der Waals surface area contributed by atoms with E-state index in [0.29, 0.717) is 27.9 Å². The molecule has 23 heavy (non-hydrogen) atoms. The van der Waals surface area contributed by atoms with Gasteiger partial charge in [-0.05, 0) is 24.3 Å². The highest BCUT2D eigenvalue weighted by Gasteiger charge is 2.13. The molecule has 5 nitrogen and oxygen atoms in total. The number of nitrogen functional groups attached to an aromatic ring is 1. The van der Waals surface area contributed by atoms with Crippen LogP contribution in [0.5, 0.6) is 17.4 Å². The van der Waals surface area contributed by atoms with Crippen molar-refractivity contribution in [3.8, 4) is 28.6 Å². The van der Waals surface area contributed by atoms with Crippen LogP contribution in [0.25, 0.3) is 11.3 Å². The minimum absolute atomic E-state index is 0.273. The van der Waals surface area contributed by atoms with Gasteiger partial charge >= 0.3 is 0 Å². The number of nitrogens with two attached hydrogens (primary N) is 1. The lowest BCUT2D eigenvalue weighted by Gasteiger charge is -2.12. The summed E-state index contributed by atoms with van der Waals surface area (Å²) in [6, 6.07) is 14.5. The highest BCUT2D eigenvalue weighted by molar-refractivity contribution is 6.30. The van der Waals surface area contributed by atoms with Crippen LogP contribution in [0, 0.1) is 0 Å². The van der Waals surface area contributed by atoms with E-state index < -0.39 is 0 Å². The number of aromatic nitrogens is 2. The van der Waals surface area contributed by atoms with E-state index >= 15 is 0 Å². The Bertz CT molecular complexity index is 822. The van der Waals surface area contributed by atoms with Crippen molar-refractivity contribution >= 4 is 17.3 Å². The highest BCUT2D eigenvalue weighted by atomic mass is 35.5. The van der Waals surface area contributed by atoms with E-state index in [1.807, 2.05) is 24.3 Å². The molecule has 0 radical (unpaired) electrons. The Hall–Kier alpha value is -2.79. The van der Waals surface area contributed by atoms with Crippen molar-refractivity contribution in [3.63, 3.8) is 0 Å². The molecule has 3 aromatic rings. The van der Waals surface area contributed by atoms with E-state index in [2.05, 4.69) is 9.97 Å². The molecule has 2 aromatic carbocycles. The number of rotatable bonds is 4. The molecule has 0 spiro atoms. The summed E-state index contributed by atoms with van der Waals surface area (Å²) in [5, 5.41) is 0.645. The summed E-state index contributed by atoms with van der Waals surface area (Å²) < 4.78 is 11.1. The molecule has 0 aliphatic rings. The molecule has 0 atom stereocenters. The van der Waals surface area contributed by atoms with Crippen LogP contribution in [0.15, 0.2) is 54.9 Å². The molecule has 0 aliphatic heterocycles. The maximum Gasteiger partial charge on any atom is 0.246 e. The monoisotopic (exact) mass is 327 g/mol. The molecular weight excluding hydrogens is 314 g/mol. The summed E-state index contributed by atoms with van der Waals surface area (Å²) in [6.45, 7) is 0. The second-order valence-electron chi connectivity index (χ2n) is 4.70. The van der Waals surface area contributed by atoms with Gasteiger partial charge in [0.1, 0.15) is 17.7 Å². The van der Waals surface area contributed by atoms with Crippen molar-refractivity contribution in [2.24, 2.45) is 0 Å². The Labute approximate surface area is 138 Å². The van der Waals surface area contributed by atoms with E-state index in [4.69, 9.17) is 26.8 Å². The third kappa shape index (κ3) is 3.19. The predicted octanol–water partition coefficient (Wildman–Crippen LogP) is 4.18. The second-order valence-corrected chi connectivity index (χ2v) is 5.14. The van der Waals surface area contributed by atoms with Gasteiger partial charge in [0.05, 0.1) is 7.11 Å². The van der Waals surface area contributed by atoms with E-state index in [0.717, 1.165) is 5.56 Å². The van der Waals surface area contributed by atoms with Crippen LogP contribution < -0.4 is 15.2 Å². The van der Waals surface area contributed by atoms with E-state index in [-0.39, 0.29) is 5.88 Å². The molecule has 0 saturated heterocycles. The number of hydrogen-bond donors (Lipinski definition) is 1. The fourth-order valence-corrected chi connectivity index (χ4v) is 2.23. The highest BCUT2D eigenvalue weighted by Crippen LogP contribution is 2.35. The van der Waals surface area contributed by atoms with Crippen molar-refractivity contribution in [1.82, 2.24) is 9.97 Å². The van der Waals surface area contributed by atoms with Gasteiger partial charge < -0.3 is 15.2 Å². The number of methoxy groups -OCH3 is 1. The standard InChI is InChI=1S/C17H14ClN3O2/c1-22-13-4-2-3-5-14(13)23-17-15(19)16(20-10-21-17)11-6-8-12(18)9-7-11/h2-10H,19H2,1H3. The lowest BCUT2D eigenvalue weighted by molar-refractivity contribution is 0.374. The molecule has 2 N–H and O–H groups in total. The molecule has 0 aliphatic carbocycles. The van der Waals surface area contributed by atoms with Crippen LogP contribution in [0.4, 0.5) is 5.69 Å². The Morgan fingerprint density at radius 1 is 0.957 bits per heavy atom. The summed E-state index contributed by atoms with van der Waals surface area (Å²) in [5.41, 5.74) is 7.93. The Morgan fingerprint density at radius 2 is 1.65 bits per heavy atom. The Kier molecular flexibility index (Phi) is 4.30. The third-order valence-corrected chi connectivity index (χ3v) is 3.49. The van der Waals surface area contributed by atoms with E-state index in [1.165, 1.54) is 6.33 Å². The lowest BCUT2D eigenvalue weighted by atomic mass is 10.1. The summed E-state index contributed by atoms with van der Waals surface area (Å²) in [5.74, 6) is 1.40. The second kappa shape index (κ2) is 6.54. The quantitative estimate of drug-likeness (QED) is 0.778. The fraction of sp³-hybridized carbons (Fsp3) is 0.0588. The van der Waals surface area contributed by atoms with Crippen LogP contribution in [0.2, 0.25) is 5.02 Å². The smallest absolute Gasteiger partial charge is 0.246 e. The zero-order chi connectivity index (χ0) is 16.2. The van der Waals surface area contributed by atoms with Crippen LogP contribution in [-0.2, 0) is 0 Å². The number of halogens is 1. The number of benzene rings is 2. The van der Waals surface area contributed by atoms with Gasteiger partial charge in [-0.2, -0.15) is 4.98 Å². The summed E-state index contributed by atoms with van der Waals surface area (Å²) >= 11 is 5.91. The van der Waals surface area contributed by atoms with Crippen LogP contribution in [-0.4, -0.2) is 17.1 Å². The molecule has 1 heterocycles. The van der Waals surface area contributed by atoms with Crippen molar-refractivity contribution in [1.29, 1.82) is 0 Å². The lowest BCUT2D eigenvalue weighted by Crippen LogP contribution is -2.00. The largest absolute Gasteiger partial charge is 0.493 e. The topological polar surface area (TPSA) is 70.3 Å². The van der Waals surface area contributed by atoms with Gasteiger partial charge in [-0.3, -0.25) is 0 Å². The van der Waals surface area contributed by atoms with Crippen LogP contribution in [0.1, 0.15) is 0 Å². The molecule has 0 unspecified atom stereocenters. The first-order valence-electron chi connectivity index (χ1n) is 6.86. The Morgan fingerprint density at radius 3 is 2.35 bits per heavy atom. The average Bonchev–Trinajstić information content (AvgIpc) is 2.58. The van der Waals surface area contributed by atoms with E-state index in [1.54, 1.807) is 31.4 Å². The number of para-hydroxylation sites is 2. The minimum atomic E-state index is 0.273. The predicted molar refractivity (Wildman–Crippen MR) is 90.0 cm³/mol. The number of hydrogen-bond acceptors (Lipinski definition) is 5. The molecule has 0 saturated carbocycles. The molecule has 0 amide bonds. The molecule has 0 bridgehead atoms. The van der Waals surface area contributed by atoms with Crippen molar-refractivity contribution in [2.75, 3.05) is 12.8 Å². The maximum atomic E-state index is 6.17. The van der Waals surface area contributed by atoms with Gasteiger partial charge in [-0.1, -0.05) is 35.9 Å². The zero-order valence-electron chi connectivity index (χ0n) is 12.4. The first-order valence-corrected chi connectivity index (χ1v) is 7.24. The van der Waals surface area contributed by atoms with Crippen LogP contribution >= 0.6 is 11.6 Å². The van der Waals surface area contributed by atoms with Gasteiger partial charge in [0, 0.05) is 10.6 Å². The zero-order valence-corrected chi connectivity index (χ0v) is 13.1. The van der Waals surface area contributed by atoms with Crippen LogP contribution in [0.3, 0.4) is 0 Å². The van der Waals surface area contributed by atoms with Crippen molar-refractivity contribution in [3.05, 3.63) is 59.9 Å². The number of ether oxygens (including phenoxy) is 2. The minimum Gasteiger partial charge on any atom is -0.493 e. The number of nitrogens with zero attached hydrogens (tertiary/aromatic N) is 2. The summed E-state index contributed by atoms with van der Waals surface area (Å²) in [4.78, 5) is 8.35. The molecular formula is C17H14ClN3O2. The summed E-state index contributed by atoms with van der Waals surface area (Å²) in [7, 11) is 1.57. The van der Waals surface area contributed by atoms with Gasteiger partial charge in [0.15, 0.2) is 11.5 Å². The maximum absolute atomic E-state index is 6.17. The van der Waals surface area contributed by atoms with Gasteiger partial charge in [0.25, 0.3) is 0 Å². The number of anilines is 1. The molecule has 116 valence electrons. The fourth-order valence-electron chi connectivity index (χ4n) is 2.11. The molecule has 6 heteroatoms. The van der Waals surface area contributed by atoms with Gasteiger partial charge in [-0.25, -0.2) is 4.98 Å². The molecule has 1 aromatic heterocycles. The van der Waals surface area contributed by atoms with Gasteiger partial charge in [-0.15, -0.1) is 0 Å². The first kappa shape index (κ1) is 15.1. The Balaban J connectivity index is 1.98.